The average molecular weight is 242 g/mol. The molecule has 1 N–H and O–H groups in total. The maximum Gasteiger partial charge on any atom is 0.0991 e. The van der Waals surface area contributed by atoms with Crippen molar-refractivity contribution < 1.29 is 0 Å². The van der Waals surface area contributed by atoms with E-state index in [4.69, 9.17) is 5.26 Å². The highest BCUT2D eigenvalue weighted by Gasteiger charge is 2.22. The third-order valence-corrected chi connectivity index (χ3v) is 4.09. The number of benzene rings is 1. The van der Waals surface area contributed by atoms with E-state index in [9.17, 15) is 0 Å². The zero-order chi connectivity index (χ0) is 13.0. The topological polar surface area (TPSA) is 35.8 Å². The highest BCUT2D eigenvalue weighted by Crippen LogP contribution is 2.26. The van der Waals surface area contributed by atoms with Gasteiger partial charge in [-0.3, -0.25) is 0 Å². The van der Waals surface area contributed by atoms with E-state index in [1.807, 2.05) is 18.2 Å². The third kappa shape index (κ3) is 3.11. The second-order valence-electron chi connectivity index (χ2n) is 5.49. The summed E-state index contributed by atoms with van der Waals surface area (Å²) in [5.74, 6) is 0.764. The number of hydrogen-bond acceptors (Lipinski definition) is 2. The van der Waals surface area contributed by atoms with Gasteiger partial charge in [0, 0.05) is 12.1 Å². The minimum absolute atomic E-state index is 0.323. The average Bonchev–Trinajstić information content (AvgIpc) is 2.41. The van der Waals surface area contributed by atoms with Crippen molar-refractivity contribution in [2.75, 3.05) is 0 Å². The Morgan fingerprint density at radius 1 is 1.33 bits per heavy atom. The SMILES string of the molecule is CC(NC1CCCCC1C)c1cccc(C#N)c1. The summed E-state index contributed by atoms with van der Waals surface area (Å²) in [6.45, 7) is 4.53. The molecule has 0 amide bonds. The predicted octanol–water partition coefficient (Wildman–Crippen LogP) is 3.79. The fourth-order valence-electron chi connectivity index (χ4n) is 2.86. The van der Waals surface area contributed by atoms with E-state index in [1.165, 1.54) is 31.2 Å². The van der Waals surface area contributed by atoms with Gasteiger partial charge in [-0.05, 0) is 43.4 Å². The number of nitrogens with zero attached hydrogens (tertiary/aromatic N) is 1. The molecule has 0 aliphatic heterocycles. The molecule has 1 aromatic rings. The molecule has 18 heavy (non-hydrogen) atoms. The molecule has 0 heterocycles. The first-order chi connectivity index (χ1) is 8.70. The summed E-state index contributed by atoms with van der Waals surface area (Å²) < 4.78 is 0. The molecule has 1 aromatic carbocycles. The molecule has 1 saturated carbocycles. The third-order valence-electron chi connectivity index (χ3n) is 4.09. The van der Waals surface area contributed by atoms with Crippen molar-refractivity contribution in [2.24, 2.45) is 5.92 Å². The fourth-order valence-corrected chi connectivity index (χ4v) is 2.86. The van der Waals surface area contributed by atoms with E-state index in [1.54, 1.807) is 0 Å². The monoisotopic (exact) mass is 242 g/mol. The summed E-state index contributed by atoms with van der Waals surface area (Å²) in [6.07, 6.45) is 5.33. The number of nitrogens with one attached hydrogen (secondary N) is 1. The second-order valence-corrected chi connectivity index (χ2v) is 5.49. The number of rotatable bonds is 3. The summed E-state index contributed by atoms with van der Waals surface area (Å²) in [5.41, 5.74) is 1.96. The van der Waals surface area contributed by atoms with Crippen molar-refractivity contribution in [1.82, 2.24) is 5.32 Å². The summed E-state index contributed by atoms with van der Waals surface area (Å²) in [6, 6.07) is 11.1. The van der Waals surface area contributed by atoms with E-state index >= 15 is 0 Å². The van der Waals surface area contributed by atoms with Gasteiger partial charge in [0.15, 0.2) is 0 Å². The van der Waals surface area contributed by atoms with Crippen molar-refractivity contribution in [3.8, 4) is 6.07 Å². The molecule has 1 aliphatic rings. The minimum Gasteiger partial charge on any atom is -0.307 e. The van der Waals surface area contributed by atoms with Gasteiger partial charge in [0.1, 0.15) is 0 Å². The molecule has 0 saturated heterocycles. The Kier molecular flexibility index (Phi) is 4.38. The Morgan fingerprint density at radius 2 is 2.11 bits per heavy atom. The van der Waals surface area contributed by atoms with E-state index in [2.05, 4.69) is 31.3 Å². The molecule has 0 spiro atoms. The molecular weight excluding hydrogens is 220 g/mol. The first-order valence-electron chi connectivity index (χ1n) is 6.97. The molecule has 3 unspecified atom stereocenters. The standard InChI is InChI=1S/C16H22N2/c1-12-6-3-4-9-16(12)18-13(2)15-8-5-7-14(10-15)11-17/h5,7-8,10,12-13,16,18H,3-4,6,9H2,1-2H3. The first-order valence-corrected chi connectivity index (χ1v) is 6.97. The lowest BCUT2D eigenvalue weighted by molar-refractivity contribution is 0.263. The number of nitriles is 1. The van der Waals surface area contributed by atoms with Gasteiger partial charge in [-0.25, -0.2) is 0 Å². The van der Waals surface area contributed by atoms with Crippen molar-refractivity contribution >= 4 is 0 Å². The normalized spacial score (nSPS) is 25.4. The molecule has 2 heteroatoms. The van der Waals surface area contributed by atoms with Crippen molar-refractivity contribution in [2.45, 2.75) is 51.6 Å². The Morgan fingerprint density at radius 3 is 2.83 bits per heavy atom. The zero-order valence-corrected chi connectivity index (χ0v) is 11.3. The van der Waals surface area contributed by atoms with E-state index < -0.39 is 0 Å². The lowest BCUT2D eigenvalue weighted by atomic mass is 9.85. The van der Waals surface area contributed by atoms with Crippen LogP contribution in [-0.4, -0.2) is 6.04 Å². The van der Waals surface area contributed by atoms with Gasteiger partial charge in [0.25, 0.3) is 0 Å². The maximum absolute atomic E-state index is 8.94. The highest BCUT2D eigenvalue weighted by atomic mass is 15.0. The fraction of sp³-hybridized carbons (Fsp3) is 0.562. The van der Waals surface area contributed by atoms with Gasteiger partial charge >= 0.3 is 0 Å². The van der Waals surface area contributed by atoms with Gasteiger partial charge in [0.05, 0.1) is 11.6 Å². The van der Waals surface area contributed by atoms with Crippen molar-refractivity contribution in [3.63, 3.8) is 0 Å². The lowest BCUT2D eigenvalue weighted by Gasteiger charge is -2.32. The Labute approximate surface area is 110 Å². The van der Waals surface area contributed by atoms with Crippen LogP contribution in [0, 0.1) is 17.2 Å². The molecule has 0 bridgehead atoms. The summed E-state index contributed by atoms with van der Waals surface area (Å²) in [4.78, 5) is 0. The van der Waals surface area contributed by atoms with Crippen LogP contribution in [0.4, 0.5) is 0 Å². The van der Waals surface area contributed by atoms with E-state index in [0.717, 1.165) is 11.5 Å². The largest absolute Gasteiger partial charge is 0.307 e. The first kappa shape index (κ1) is 13.1. The minimum atomic E-state index is 0.323. The van der Waals surface area contributed by atoms with Crippen LogP contribution in [0.15, 0.2) is 24.3 Å². The molecular formula is C16H22N2. The van der Waals surface area contributed by atoms with Gasteiger partial charge < -0.3 is 5.32 Å². The predicted molar refractivity (Wildman–Crippen MR) is 74.1 cm³/mol. The molecule has 3 atom stereocenters. The quantitative estimate of drug-likeness (QED) is 0.875. The van der Waals surface area contributed by atoms with E-state index in [-0.39, 0.29) is 0 Å². The highest BCUT2D eigenvalue weighted by molar-refractivity contribution is 5.34. The smallest absolute Gasteiger partial charge is 0.0991 e. The van der Waals surface area contributed by atoms with E-state index in [0.29, 0.717) is 12.1 Å². The lowest BCUT2D eigenvalue weighted by Crippen LogP contribution is -2.38. The van der Waals surface area contributed by atoms with Crippen LogP contribution in [-0.2, 0) is 0 Å². The molecule has 96 valence electrons. The zero-order valence-electron chi connectivity index (χ0n) is 11.3. The molecule has 1 aliphatic carbocycles. The Hall–Kier alpha value is -1.33. The molecule has 2 nitrogen and oxygen atoms in total. The molecule has 2 rings (SSSR count). The summed E-state index contributed by atoms with van der Waals surface area (Å²) >= 11 is 0. The van der Waals surface area contributed by atoms with Crippen LogP contribution >= 0.6 is 0 Å². The van der Waals surface area contributed by atoms with Crippen molar-refractivity contribution in [1.29, 1.82) is 5.26 Å². The second kappa shape index (κ2) is 6.02. The van der Waals surface area contributed by atoms with Crippen molar-refractivity contribution in [3.05, 3.63) is 35.4 Å². The van der Waals surface area contributed by atoms with Crippen LogP contribution in [0.3, 0.4) is 0 Å². The Balaban J connectivity index is 2.02. The van der Waals surface area contributed by atoms with Crippen LogP contribution in [0.2, 0.25) is 0 Å². The molecule has 0 aromatic heterocycles. The summed E-state index contributed by atoms with van der Waals surface area (Å²) in [5, 5.41) is 12.7. The van der Waals surface area contributed by atoms with Gasteiger partial charge in [0.2, 0.25) is 0 Å². The van der Waals surface area contributed by atoms with Crippen LogP contribution in [0.5, 0.6) is 0 Å². The maximum atomic E-state index is 8.94. The van der Waals surface area contributed by atoms with Gasteiger partial charge in [-0.1, -0.05) is 31.9 Å². The molecule has 1 fully saturated rings. The summed E-state index contributed by atoms with van der Waals surface area (Å²) in [7, 11) is 0. The van der Waals surface area contributed by atoms with Gasteiger partial charge in [-0.15, -0.1) is 0 Å². The molecule has 0 radical (unpaired) electrons. The van der Waals surface area contributed by atoms with Crippen LogP contribution in [0.25, 0.3) is 0 Å². The Bertz CT molecular complexity index is 433. The van der Waals surface area contributed by atoms with Crippen LogP contribution in [0.1, 0.15) is 56.7 Å². The number of hydrogen-bond donors (Lipinski definition) is 1. The van der Waals surface area contributed by atoms with Gasteiger partial charge in [-0.2, -0.15) is 5.26 Å². The van der Waals surface area contributed by atoms with Crippen LogP contribution < -0.4 is 5.32 Å².